The Hall–Kier alpha value is -0.490. The van der Waals surface area contributed by atoms with E-state index >= 15 is 0 Å². The topological polar surface area (TPSA) is 0 Å². The lowest BCUT2D eigenvalue weighted by atomic mass is 9.84. The molecule has 0 radical (unpaired) electrons. The highest BCUT2D eigenvalue weighted by Gasteiger charge is 2.25. The molecular formula is C17H23Cl. The number of halogens is 1. The Morgan fingerprint density at radius 3 is 2.22 bits per heavy atom. The molecule has 2 fully saturated rings. The third-order valence-corrected chi connectivity index (χ3v) is 5.04. The number of rotatable bonds is 4. The minimum absolute atomic E-state index is 0.234. The highest BCUT2D eigenvalue weighted by atomic mass is 35.5. The summed E-state index contributed by atoms with van der Waals surface area (Å²) in [6.07, 6.45) is 11.0. The van der Waals surface area contributed by atoms with Gasteiger partial charge in [0.15, 0.2) is 0 Å². The molecule has 1 atom stereocenters. The van der Waals surface area contributed by atoms with E-state index in [0.717, 1.165) is 11.8 Å². The van der Waals surface area contributed by atoms with E-state index in [-0.39, 0.29) is 5.38 Å². The number of benzene rings is 1. The molecule has 1 heteroatoms. The fraction of sp³-hybridized carbons (Fsp3) is 0.647. The molecule has 0 saturated heterocycles. The molecule has 0 heterocycles. The molecule has 0 nitrogen and oxygen atoms in total. The van der Waals surface area contributed by atoms with E-state index in [4.69, 9.17) is 11.6 Å². The van der Waals surface area contributed by atoms with Crippen LogP contribution in [0.4, 0.5) is 0 Å². The second-order valence-electron chi connectivity index (χ2n) is 6.15. The largest absolute Gasteiger partial charge is 0.118 e. The van der Waals surface area contributed by atoms with Gasteiger partial charge < -0.3 is 0 Å². The van der Waals surface area contributed by atoms with Crippen LogP contribution in [0.15, 0.2) is 24.3 Å². The fourth-order valence-corrected chi connectivity index (χ4v) is 3.59. The minimum atomic E-state index is 0.234. The van der Waals surface area contributed by atoms with E-state index in [1.165, 1.54) is 62.5 Å². The van der Waals surface area contributed by atoms with Crippen LogP contribution in [0.25, 0.3) is 0 Å². The van der Waals surface area contributed by atoms with Gasteiger partial charge >= 0.3 is 0 Å². The second kappa shape index (κ2) is 5.65. The summed E-state index contributed by atoms with van der Waals surface area (Å²) < 4.78 is 0. The SMILES string of the molecule is ClC(CC1CC1)c1ccc(C2CCCCC2)cc1. The van der Waals surface area contributed by atoms with Gasteiger partial charge in [-0.15, -0.1) is 11.6 Å². The zero-order chi connectivity index (χ0) is 12.4. The highest BCUT2D eigenvalue weighted by molar-refractivity contribution is 6.20. The third-order valence-electron chi connectivity index (χ3n) is 4.61. The quantitative estimate of drug-likeness (QED) is 0.600. The third kappa shape index (κ3) is 3.09. The Morgan fingerprint density at radius 1 is 0.944 bits per heavy atom. The number of hydrogen-bond acceptors (Lipinski definition) is 0. The van der Waals surface area contributed by atoms with Crippen molar-refractivity contribution in [2.45, 2.75) is 62.7 Å². The van der Waals surface area contributed by atoms with E-state index in [1.54, 1.807) is 0 Å². The Morgan fingerprint density at radius 2 is 1.61 bits per heavy atom. The minimum Gasteiger partial charge on any atom is -0.118 e. The van der Waals surface area contributed by atoms with Gasteiger partial charge in [-0.25, -0.2) is 0 Å². The van der Waals surface area contributed by atoms with Crippen LogP contribution in [0.3, 0.4) is 0 Å². The zero-order valence-corrected chi connectivity index (χ0v) is 11.8. The molecule has 0 aliphatic heterocycles. The van der Waals surface area contributed by atoms with Crippen LogP contribution in [-0.4, -0.2) is 0 Å². The van der Waals surface area contributed by atoms with Crippen LogP contribution in [0, 0.1) is 5.92 Å². The molecular weight excluding hydrogens is 240 g/mol. The van der Waals surface area contributed by atoms with Crippen LogP contribution < -0.4 is 0 Å². The second-order valence-corrected chi connectivity index (χ2v) is 6.68. The van der Waals surface area contributed by atoms with Crippen molar-refractivity contribution in [3.05, 3.63) is 35.4 Å². The molecule has 1 aromatic rings. The standard InChI is InChI=1S/C17H23Cl/c18-17(12-13-6-7-13)16-10-8-15(9-11-16)14-4-2-1-3-5-14/h8-11,13-14,17H,1-7,12H2. The van der Waals surface area contributed by atoms with Crippen LogP contribution in [0.2, 0.25) is 0 Å². The Bertz CT molecular complexity index is 371. The van der Waals surface area contributed by atoms with Gasteiger partial charge in [0.05, 0.1) is 5.38 Å². The molecule has 2 saturated carbocycles. The van der Waals surface area contributed by atoms with Gasteiger partial charge in [-0.1, -0.05) is 56.4 Å². The van der Waals surface area contributed by atoms with Crippen molar-refractivity contribution in [3.8, 4) is 0 Å². The summed E-state index contributed by atoms with van der Waals surface area (Å²) in [5, 5.41) is 0.234. The van der Waals surface area contributed by atoms with Gasteiger partial charge in [0.25, 0.3) is 0 Å². The molecule has 0 aromatic heterocycles. The number of hydrogen-bond donors (Lipinski definition) is 0. The van der Waals surface area contributed by atoms with Gasteiger partial charge in [0.2, 0.25) is 0 Å². The molecule has 2 aliphatic rings. The molecule has 18 heavy (non-hydrogen) atoms. The van der Waals surface area contributed by atoms with Crippen molar-refractivity contribution in [2.75, 3.05) is 0 Å². The van der Waals surface area contributed by atoms with Crippen LogP contribution in [0.1, 0.15) is 73.8 Å². The predicted molar refractivity (Wildman–Crippen MR) is 78.2 cm³/mol. The van der Waals surface area contributed by atoms with E-state index in [1.807, 2.05) is 0 Å². The fourth-order valence-electron chi connectivity index (χ4n) is 3.20. The summed E-state index contributed by atoms with van der Waals surface area (Å²) in [6.45, 7) is 0. The zero-order valence-electron chi connectivity index (χ0n) is 11.1. The van der Waals surface area contributed by atoms with Gasteiger partial charge in [-0.05, 0) is 42.2 Å². The first-order chi connectivity index (χ1) is 8.83. The normalized spacial score (nSPS) is 22.9. The summed E-state index contributed by atoms with van der Waals surface area (Å²) in [5.41, 5.74) is 2.86. The lowest BCUT2D eigenvalue weighted by molar-refractivity contribution is 0.443. The van der Waals surface area contributed by atoms with E-state index < -0.39 is 0 Å². The van der Waals surface area contributed by atoms with Crippen molar-refractivity contribution in [1.29, 1.82) is 0 Å². The summed E-state index contributed by atoms with van der Waals surface area (Å²) in [7, 11) is 0. The van der Waals surface area contributed by atoms with Crippen LogP contribution in [0.5, 0.6) is 0 Å². The van der Waals surface area contributed by atoms with E-state index in [2.05, 4.69) is 24.3 Å². The van der Waals surface area contributed by atoms with E-state index in [0.29, 0.717) is 0 Å². The smallest absolute Gasteiger partial charge is 0.0587 e. The predicted octanol–water partition coefficient (Wildman–Crippen LogP) is 5.81. The lowest BCUT2D eigenvalue weighted by Gasteiger charge is -2.22. The summed E-state index contributed by atoms with van der Waals surface area (Å²) in [5.74, 6) is 1.72. The molecule has 0 bridgehead atoms. The lowest BCUT2D eigenvalue weighted by Crippen LogP contribution is -2.04. The molecule has 0 spiro atoms. The first-order valence-corrected chi connectivity index (χ1v) is 8.00. The Kier molecular flexibility index (Phi) is 3.94. The average molecular weight is 263 g/mol. The Balaban J connectivity index is 1.63. The van der Waals surface area contributed by atoms with Gasteiger partial charge in [-0.3, -0.25) is 0 Å². The van der Waals surface area contributed by atoms with Crippen LogP contribution >= 0.6 is 11.6 Å². The summed E-state index contributed by atoms with van der Waals surface area (Å²) in [4.78, 5) is 0. The molecule has 3 rings (SSSR count). The number of alkyl halides is 1. The maximum atomic E-state index is 6.48. The first-order valence-electron chi connectivity index (χ1n) is 7.57. The van der Waals surface area contributed by atoms with Crippen LogP contribution in [-0.2, 0) is 0 Å². The van der Waals surface area contributed by atoms with Gasteiger partial charge in [0, 0.05) is 0 Å². The maximum Gasteiger partial charge on any atom is 0.0587 e. The Labute approximate surface area is 116 Å². The van der Waals surface area contributed by atoms with Crippen molar-refractivity contribution >= 4 is 11.6 Å². The maximum absolute atomic E-state index is 6.48. The molecule has 1 aromatic carbocycles. The molecule has 1 unspecified atom stereocenters. The molecule has 0 N–H and O–H groups in total. The molecule has 2 aliphatic carbocycles. The van der Waals surface area contributed by atoms with Gasteiger partial charge in [-0.2, -0.15) is 0 Å². The van der Waals surface area contributed by atoms with Gasteiger partial charge in [0.1, 0.15) is 0 Å². The monoisotopic (exact) mass is 262 g/mol. The van der Waals surface area contributed by atoms with E-state index in [9.17, 15) is 0 Å². The van der Waals surface area contributed by atoms with Crippen molar-refractivity contribution in [1.82, 2.24) is 0 Å². The highest BCUT2D eigenvalue weighted by Crippen LogP contribution is 2.41. The van der Waals surface area contributed by atoms with Crippen molar-refractivity contribution < 1.29 is 0 Å². The first kappa shape index (κ1) is 12.5. The molecule has 98 valence electrons. The van der Waals surface area contributed by atoms with Crippen molar-refractivity contribution in [3.63, 3.8) is 0 Å². The summed E-state index contributed by atoms with van der Waals surface area (Å²) >= 11 is 6.48. The molecule has 0 amide bonds. The van der Waals surface area contributed by atoms with Crippen molar-refractivity contribution in [2.24, 2.45) is 5.92 Å². The summed E-state index contributed by atoms with van der Waals surface area (Å²) in [6, 6.07) is 9.19. The average Bonchev–Trinajstić information content (AvgIpc) is 3.24.